The van der Waals surface area contributed by atoms with E-state index in [1.54, 1.807) is 0 Å². The molecule has 0 radical (unpaired) electrons. The summed E-state index contributed by atoms with van der Waals surface area (Å²) in [6.07, 6.45) is 4.43. The molecule has 1 amide bonds. The molecule has 0 atom stereocenters. The van der Waals surface area contributed by atoms with Crippen molar-refractivity contribution >= 4 is 15.7 Å². The highest BCUT2D eigenvalue weighted by molar-refractivity contribution is 7.92. The summed E-state index contributed by atoms with van der Waals surface area (Å²) in [5, 5.41) is 2.82. The molecule has 0 saturated heterocycles. The second-order valence-corrected chi connectivity index (χ2v) is 9.49. The first-order valence-corrected chi connectivity index (χ1v) is 10.7. The standard InChI is InChI=1S/C19H29NO3S/c1-15(2)13-24(22,23)14-19(21)20-12-16-8-10-18(11-9-16)17-6-4-3-5-7-17/h3-7,15-16,18H,8-14H2,1-2H3,(H,20,21). The first-order chi connectivity index (χ1) is 11.4. The van der Waals surface area contributed by atoms with E-state index in [0.717, 1.165) is 25.7 Å². The zero-order valence-corrected chi connectivity index (χ0v) is 15.5. The summed E-state index contributed by atoms with van der Waals surface area (Å²) < 4.78 is 23.7. The number of carbonyl (C=O) groups excluding carboxylic acids is 1. The van der Waals surface area contributed by atoms with E-state index in [1.807, 2.05) is 19.9 Å². The van der Waals surface area contributed by atoms with Gasteiger partial charge in [0.1, 0.15) is 5.75 Å². The molecule has 1 aliphatic rings. The van der Waals surface area contributed by atoms with E-state index in [4.69, 9.17) is 0 Å². The quantitative estimate of drug-likeness (QED) is 0.821. The van der Waals surface area contributed by atoms with E-state index < -0.39 is 9.84 Å². The van der Waals surface area contributed by atoms with Crippen molar-refractivity contribution in [1.29, 1.82) is 0 Å². The number of carbonyl (C=O) groups is 1. The number of nitrogens with one attached hydrogen (secondary N) is 1. The number of sulfone groups is 1. The molecule has 5 heteroatoms. The van der Waals surface area contributed by atoms with Crippen LogP contribution in [0.3, 0.4) is 0 Å². The maximum Gasteiger partial charge on any atom is 0.235 e. The van der Waals surface area contributed by atoms with Gasteiger partial charge in [-0.15, -0.1) is 0 Å². The monoisotopic (exact) mass is 351 g/mol. The maximum atomic E-state index is 11.9. The molecule has 1 saturated carbocycles. The molecule has 1 aromatic rings. The third-order valence-corrected chi connectivity index (χ3v) is 6.52. The minimum atomic E-state index is -3.29. The van der Waals surface area contributed by atoms with Crippen molar-refractivity contribution in [3.8, 4) is 0 Å². The molecule has 1 aromatic carbocycles. The Morgan fingerprint density at radius 1 is 1.12 bits per heavy atom. The summed E-state index contributed by atoms with van der Waals surface area (Å²) in [4.78, 5) is 11.9. The van der Waals surface area contributed by atoms with E-state index in [9.17, 15) is 13.2 Å². The van der Waals surface area contributed by atoms with Gasteiger partial charge in [-0.05, 0) is 49.0 Å². The first-order valence-electron chi connectivity index (χ1n) is 8.88. The molecule has 24 heavy (non-hydrogen) atoms. The molecule has 0 unspecified atom stereocenters. The Morgan fingerprint density at radius 3 is 2.33 bits per heavy atom. The van der Waals surface area contributed by atoms with E-state index in [0.29, 0.717) is 18.4 Å². The van der Waals surface area contributed by atoms with E-state index in [1.165, 1.54) is 5.56 Å². The number of amides is 1. The minimum absolute atomic E-state index is 0.0519. The molecule has 0 aliphatic heterocycles. The number of hydrogen-bond acceptors (Lipinski definition) is 3. The number of benzene rings is 1. The van der Waals surface area contributed by atoms with Crippen molar-refractivity contribution in [2.75, 3.05) is 18.1 Å². The Kier molecular flexibility index (Phi) is 6.84. The van der Waals surface area contributed by atoms with Gasteiger partial charge >= 0.3 is 0 Å². The van der Waals surface area contributed by atoms with Crippen molar-refractivity contribution in [2.24, 2.45) is 11.8 Å². The van der Waals surface area contributed by atoms with Crippen LogP contribution in [0.25, 0.3) is 0 Å². The fourth-order valence-corrected chi connectivity index (χ4v) is 5.14. The Bertz CT molecular complexity index is 617. The van der Waals surface area contributed by atoms with E-state index >= 15 is 0 Å². The largest absolute Gasteiger partial charge is 0.355 e. The van der Waals surface area contributed by atoms with Crippen molar-refractivity contribution in [1.82, 2.24) is 5.32 Å². The van der Waals surface area contributed by atoms with Gasteiger partial charge in [0, 0.05) is 6.54 Å². The minimum Gasteiger partial charge on any atom is -0.355 e. The Balaban J connectivity index is 1.72. The SMILES string of the molecule is CC(C)CS(=O)(=O)CC(=O)NCC1CCC(c2ccccc2)CC1. The molecule has 1 N–H and O–H groups in total. The third-order valence-electron chi connectivity index (χ3n) is 4.64. The highest BCUT2D eigenvalue weighted by Gasteiger charge is 2.23. The second-order valence-electron chi connectivity index (χ2n) is 7.38. The lowest BCUT2D eigenvalue weighted by molar-refractivity contribution is -0.118. The lowest BCUT2D eigenvalue weighted by Gasteiger charge is -2.29. The van der Waals surface area contributed by atoms with Gasteiger partial charge in [-0.1, -0.05) is 44.2 Å². The molecule has 1 fully saturated rings. The van der Waals surface area contributed by atoms with Crippen LogP contribution >= 0.6 is 0 Å². The Morgan fingerprint density at radius 2 is 1.75 bits per heavy atom. The van der Waals surface area contributed by atoms with Gasteiger partial charge < -0.3 is 5.32 Å². The van der Waals surface area contributed by atoms with Gasteiger partial charge in [-0.2, -0.15) is 0 Å². The van der Waals surface area contributed by atoms with Crippen LogP contribution in [0.4, 0.5) is 0 Å². The Labute approximate surface area is 146 Å². The first kappa shape index (κ1) is 19.0. The fourth-order valence-electron chi connectivity index (χ4n) is 3.50. The summed E-state index contributed by atoms with van der Waals surface area (Å²) in [5.41, 5.74) is 1.40. The van der Waals surface area contributed by atoms with Crippen molar-refractivity contribution < 1.29 is 13.2 Å². The van der Waals surface area contributed by atoms with Gasteiger partial charge in [0.05, 0.1) is 5.75 Å². The molecular weight excluding hydrogens is 322 g/mol. The van der Waals surface area contributed by atoms with Crippen LogP contribution in [0.2, 0.25) is 0 Å². The normalized spacial score (nSPS) is 21.6. The molecule has 0 heterocycles. The smallest absolute Gasteiger partial charge is 0.235 e. The zero-order chi connectivity index (χ0) is 17.6. The van der Waals surface area contributed by atoms with Gasteiger partial charge in [-0.25, -0.2) is 8.42 Å². The number of hydrogen-bond donors (Lipinski definition) is 1. The van der Waals surface area contributed by atoms with Crippen LogP contribution < -0.4 is 5.32 Å². The van der Waals surface area contributed by atoms with Crippen molar-refractivity contribution in [3.63, 3.8) is 0 Å². The molecule has 0 bridgehead atoms. The van der Waals surface area contributed by atoms with E-state index in [2.05, 4.69) is 29.6 Å². The van der Waals surface area contributed by atoms with Crippen molar-refractivity contribution in [3.05, 3.63) is 35.9 Å². The lowest BCUT2D eigenvalue weighted by Crippen LogP contribution is -2.36. The molecule has 1 aliphatic carbocycles. The Hall–Kier alpha value is -1.36. The summed E-state index contributed by atoms with van der Waals surface area (Å²) >= 11 is 0. The fraction of sp³-hybridized carbons (Fsp3) is 0.632. The predicted octanol–water partition coefficient (Wildman–Crippen LogP) is 3.15. The van der Waals surface area contributed by atoms with Crippen molar-refractivity contribution in [2.45, 2.75) is 45.4 Å². The highest BCUT2D eigenvalue weighted by atomic mass is 32.2. The van der Waals surface area contributed by atoms with E-state index in [-0.39, 0.29) is 23.3 Å². The molecule has 0 spiro atoms. The summed E-state index contributed by atoms with van der Waals surface area (Å²) in [6.45, 7) is 4.29. The van der Waals surface area contributed by atoms with Gasteiger partial charge in [0.25, 0.3) is 0 Å². The van der Waals surface area contributed by atoms with Crippen LogP contribution in [0.1, 0.15) is 51.0 Å². The molecule has 0 aromatic heterocycles. The average molecular weight is 352 g/mol. The predicted molar refractivity (Wildman–Crippen MR) is 97.6 cm³/mol. The average Bonchev–Trinajstić information content (AvgIpc) is 2.52. The van der Waals surface area contributed by atoms with Gasteiger partial charge in [0.15, 0.2) is 9.84 Å². The van der Waals surface area contributed by atoms with Crippen LogP contribution in [0, 0.1) is 11.8 Å². The molecule has 4 nitrogen and oxygen atoms in total. The second kappa shape index (κ2) is 8.65. The summed E-state index contributed by atoms with van der Waals surface area (Å²) in [6, 6.07) is 10.6. The zero-order valence-electron chi connectivity index (χ0n) is 14.7. The van der Waals surface area contributed by atoms with Crippen LogP contribution in [0.5, 0.6) is 0 Å². The van der Waals surface area contributed by atoms with Crippen LogP contribution in [-0.4, -0.2) is 32.4 Å². The van der Waals surface area contributed by atoms with Crippen LogP contribution in [0.15, 0.2) is 30.3 Å². The third kappa shape index (κ3) is 6.27. The lowest BCUT2D eigenvalue weighted by atomic mass is 9.79. The number of rotatable bonds is 7. The highest BCUT2D eigenvalue weighted by Crippen LogP contribution is 2.35. The maximum absolute atomic E-state index is 11.9. The van der Waals surface area contributed by atoms with Gasteiger partial charge in [-0.3, -0.25) is 4.79 Å². The topological polar surface area (TPSA) is 63.2 Å². The van der Waals surface area contributed by atoms with Gasteiger partial charge in [0.2, 0.25) is 5.91 Å². The molecule has 2 rings (SSSR count). The molecule has 134 valence electrons. The molecular formula is C19H29NO3S. The van der Waals surface area contributed by atoms with Crippen LogP contribution in [-0.2, 0) is 14.6 Å². The summed E-state index contributed by atoms with van der Waals surface area (Å²) in [5.74, 6) is 0.454. The summed E-state index contributed by atoms with van der Waals surface area (Å²) in [7, 11) is -3.29.